The van der Waals surface area contributed by atoms with Crippen LogP contribution in [0.3, 0.4) is 0 Å². The van der Waals surface area contributed by atoms with Gasteiger partial charge in [-0.05, 0) is 44.0 Å². The molecule has 1 atom stereocenters. The monoisotopic (exact) mass is 348 g/mol. The van der Waals surface area contributed by atoms with Gasteiger partial charge in [-0.25, -0.2) is 4.98 Å². The number of piperidine rings is 1. The number of nitrogens with zero attached hydrogens (tertiary/aromatic N) is 4. The SMILES string of the molecule is Cc1ccc(C(=O)N2CCC[C@H](n3cnc4ccccc4c3=O)C2)cn1. The first-order chi connectivity index (χ1) is 12.6. The molecule has 0 N–H and O–H groups in total. The fourth-order valence-electron chi connectivity index (χ4n) is 3.49. The molecule has 6 heteroatoms. The Labute approximate surface area is 151 Å². The first-order valence-electron chi connectivity index (χ1n) is 8.81. The van der Waals surface area contributed by atoms with Crippen molar-refractivity contribution in [3.63, 3.8) is 0 Å². The second-order valence-corrected chi connectivity index (χ2v) is 6.71. The van der Waals surface area contributed by atoms with Crippen LogP contribution in [0.1, 0.15) is 34.9 Å². The quantitative estimate of drug-likeness (QED) is 0.714. The van der Waals surface area contributed by atoms with Gasteiger partial charge in [0, 0.05) is 25.0 Å². The van der Waals surface area contributed by atoms with E-state index >= 15 is 0 Å². The Bertz CT molecular complexity index is 1010. The fourth-order valence-corrected chi connectivity index (χ4v) is 3.49. The molecule has 1 aliphatic heterocycles. The third-order valence-corrected chi connectivity index (χ3v) is 4.93. The average Bonchev–Trinajstić information content (AvgIpc) is 2.69. The number of para-hydroxylation sites is 1. The molecule has 0 aliphatic carbocycles. The second kappa shape index (κ2) is 6.71. The van der Waals surface area contributed by atoms with E-state index in [1.165, 1.54) is 0 Å². The summed E-state index contributed by atoms with van der Waals surface area (Å²) in [6.07, 6.45) is 4.94. The van der Waals surface area contributed by atoms with E-state index in [9.17, 15) is 9.59 Å². The summed E-state index contributed by atoms with van der Waals surface area (Å²) in [5.74, 6) is -0.0380. The van der Waals surface area contributed by atoms with E-state index in [0.29, 0.717) is 29.6 Å². The highest BCUT2D eigenvalue weighted by Gasteiger charge is 2.26. The van der Waals surface area contributed by atoms with E-state index in [1.54, 1.807) is 29.2 Å². The molecule has 0 spiro atoms. The van der Waals surface area contributed by atoms with Crippen molar-refractivity contribution in [2.24, 2.45) is 0 Å². The number of aryl methyl sites for hydroxylation is 1. The Morgan fingerprint density at radius 1 is 1.15 bits per heavy atom. The van der Waals surface area contributed by atoms with Crippen LogP contribution < -0.4 is 5.56 Å². The molecule has 0 radical (unpaired) electrons. The fraction of sp³-hybridized carbons (Fsp3) is 0.300. The number of rotatable bonds is 2. The van der Waals surface area contributed by atoms with Crippen LogP contribution >= 0.6 is 0 Å². The van der Waals surface area contributed by atoms with Crippen molar-refractivity contribution >= 4 is 16.8 Å². The Balaban J connectivity index is 1.61. The number of benzene rings is 1. The van der Waals surface area contributed by atoms with Crippen molar-refractivity contribution in [2.75, 3.05) is 13.1 Å². The molecule has 0 saturated carbocycles. The molecule has 132 valence electrons. The lowest BCUT2D eigenvalue weighted by Crippen LogP contribution is -2.43. The molecule has 2 aromatic heterocycles. The summed E-state index contributed by atoms with van der Waals surface area (Å²) < 4.78 is 1.68. The third-order valence-electron chi connectivity index (χ3n) is 4.93. The van der Waals surface area contributed by atoms with Gasteiger partial charge in [0.15, 0.2) is 0 Å². The number of pyridine rings is 1. The summed E-state index contributed by atoms with van der Waals surface area (Å²) in [5, 5.41) is 0.612. The zero-order chi connectivity index (χ0) is 18.1. The molecule has 1 fully saturated rings. The number of fused-ring (bicyclic) bond motifs is 1. The number of hydrogen-bond acceptors (Lipinski definition) is 4. The molecular weight excluding hydrogens is 328 g/mol. The molecule has 1 saturated heterocycles. The maximum atomic E-state index is 12.8. The van der Waals surface area contributed by atoms with E-state index in [1.807, 2.05) is 36.1 Å². The molecule has 1 aliphatic rings. The number of amides is 1. The van der Waals surface area contributed by atoms with Gasteiger partial charge in [0.05, 0.1) is 28.8 Å². The molecule has 6 nitrogen and oxygen atoms in total. The lowest BCUT2D eigenvalue weighted by molar-refractivity contribution is 0.0677. The van der Waals surface area contributed by atoms with Crippen molar-refractivity contribution in [1.29, 1.82) is 0 Å². The summed E-state index contributed by atoms with van der Waals surface area (Å²) in [7, 11) is 0. The van der Waals surface area contributed by atoms with E-state index in [2.05, 4.69) is 9.97 Å². The van der Waals surface area contributed by atoms with Gasteiger partial charge < -0.3 is 4.90 Å². The maximum Gasteiger partial charge on any atom is 0.261 e. The number of likely N-dealkylation sites (tertiary alicyclic amines) is 1. The second-order valence-electron chi connectivity index (χ2n) is 6.71. The van der Waals surface area contributed by atoms with E-state index < -0.39 is 0 Å². The highest BCUT2D eigenvalue weighted by atomic mass is 16.2. The summed E-state index contributed by atoms with van der Waals surface area (Å²) in [6.45, 7) is 3.09. The summed E-state index contributed by atoms with van der Waals surface area (Å²) >= 11 is 0. The number of carbonyl (C=O) groups is 1. The molecule has 3 heterocycles. The maximum absolute atomic E-state index is 12.8. The van der Waals surface area contributed by atoms with Gasteiger partial charge in [0.1, 0.15) is 0 Å². The smallest absolute Gasteiger partial charge is 0.261 e. The molecule has 4 rings (SSSR count). The predicted molar refractivity (Wildman–Crippen MR) is 99.2 cm³/mol. The van der Waals surface area contributed by atoms with Gasteiger partial charge in [-0.1, -0.05) is 12.1 Å². The van der Waals surface area contributed by atoms with E-state index in [4.69, 9.17) is 0 Å². The van der Waals surface area contributed by atoms with Gasteiger partial charge >= 0.3 is 0 Å². The van der Waals surface area contributed by atoms with Gasteiger partial charge in [-0.15, -0.1) is 0 Å². The first-order valence-corrected chi connectivity index (χ1v) is 8.81. The Hall–Kier alpha value is -3.02. The van der Waals surface area contributed by atoms with Crippen LogP contribution in [-0.2, 0) is 0 Å². The van der Waals surface area contributed by atoms with Crippen molar-refractivity contribution in [1.82, 2.24) is 19.4 Å². The minimum Gasteiger partial charge on any atom is -0.337 e. The summed E-state index contributed by atoms with van der Waals surface area (Å²) in [5.41, 5.74) is 2.11. The van der Waals surface area contributed by atoms with E-state index in [-0.39, 0.29) is 17.5 Å². The molecule has 0 bridgehead atoms. The van der Waals surface area contributed by atoms with Gasteiger partial charge in [-0.2, -0.15) is 0 Å². The van der Waals surface area contributed by atoms with Crippen LogP contribution in [0.15, 0.2) is 53.7 Å². The molecule has 3 aromatic rings. The molecular formula is C20H20N4O2. The number of aromatic nitrogens is 3. The Morgan fingerprint density at radius 2 is 2.00 bits per heavy atom. The van der Waals surface area contributed by atoms with Crippen LogP contribution in [0.5, 0.6) is 0 Å². The predicted octanol–water partition coefficient (Wildman–Crippen LogP) is 2.58. The van der Waals surface area contributed by atoms with Crippen molar-refractivity contribution < 1.29 is 4.79 Å². The van der Waals surface area contributed by atoms with Crippen LogP contribution in [0, 0.1) is 6.92 Å². The lowest BCUT2D eigenvalue weighted by Gasteiger charge is -2.33. The summed E-state index contributed by atoms with van der Waals surface area (Å²) in [6, 6.07) is 10.9. The highest BCUT2D eigenvalue weighted by molar-refractivity contribution is 5.94. The number of hydrogen-bond donors (Lipinski definition) is 0. The van der Waals surface area contributed by atoms with Crippen molar-refractivity contribution in [3.8, 4) is 0 Å². The van der Waals surface area contributed by atoms with Crippen LogP contribution in [0.25, 0.3) is 10.9 Å². The molecule has 26 heavy (non-hydrogen) atoms. The standard InChI is InChI=1S/C20H20N4O2/c1-14-8-9-15(11-21-14)19(25)23-10-4-5-16(12-23)24-13-22-18-7-3-2-6-17(18)20(24)26/h2-3,6-9,11,13,16H,4-5,10,12H2,1H3/t16-/m0/s1. The minimum atomic E-state index is -0.0595. The number of carbonyl (C=O) groups excluding carboxylic acids is 1. The van der Waals surface area contributed by atoms with Crippen LogP contribution in [0.4, 0.5) is 0 Å². The van der Waals surface area contributed by atoms with Gasteiger partial charge in [0.2, 0.25) is 0 Å². The van der Waals surface area contributed by atoms with Gasteiger partial charge in [0.25, 0.3) is 11.5 Å². The van der Waals surface area contributed by atoms with Crippen LogP contribution in [-0.4, -0.2) is 38.4 Å². The minimum absolute atomic E-state index is 0.0380. The molecule has 1 amide bonds. The zero-order valence-corrected chi connectivity index (χ0v) is 14.6. The summed E-state index contributed by atoms with van der Waals surface area (Å²) in [4.78, 5) is 36.0. The Kier molecular flexibility index (Phi) is 4.24. The van der Waals surface area contributed by atoms with E-state index in [0.717, 1.165) is 18.5 Å². The van der Waals surface area contributed by atoms with Crippen molar-refractivity contribution in [3.05, 3.63) is 70.5 Å². The normalized spacial score (nSPS) is 17.4. The Morgan fingerprint density at radius 3 is 2.81 bits per heavy atom. The van der Waals surface area contributed by atoms with Gasteiger partial charge in [-0.3, -0.25) is 19.1 Å². The highest BCUT2D eigenvalue weighted by Crippen LogP contribution is 2.22. The van der Waals surface area contributed by atoms with Crippen LogP contribution in [0.2, 0.25) is 0 Å². The zero-order valence-electron chi connectivity index (χ0n) is 14.6. The third kappa shape index (κ3) is 2.98. The lowest BCUT2D eigenvalue weighted by atomic mass is 10.0. The topological polar surface area (TPSA) is 68.1 Å². The largest absolute Gasteiger partial charge is 0.337 e. The molecule has 1 aromatic carbocycles. The van der Waals surface area contributed by atoms with Crippen molar-refractivity contribution in [2.45, 2.75) is 25.8 Å². The average molecular weight is 348 g/mol. The molecule has 0 unspecified atom stereocenters. The first kappa shape index (κ1) is 16.4.